The Morgan fingerprint density at radius 3 is 2.43 bits per heavy atom. The van der Waals surface area contributed by atoms with Crippen molar-refractivity contribution in [2.75, 3.05) is 13.7 Å². The molecule has 1 heterocycles. The summed E-state index contributed by atoms with van der Waals surface area (Å²) in [5.41, 5.74) is 1.90. The van der Waals surface area contributed by atoms with Crippen LogP contribution in [0.15, 0.2) is 91.0 Å². The van der Waals surface area contributed by atoms with Crippen LogP contribution in [-0.4, -0.2) is 24.8 Å². The minimum Gasteiger partial charge on any atom is -0.497 e. The van der Waals surface area contributed by atoms with Gasteiger partial charge in [0.05, 0.1) is 25.4 Å². The standard InChI is InChI=1S/C29H30O6/c1-32-23-16-18-24(19-17-23)34-26-14-9-8-13-25(26)29-33-20-22(12-6-3-7-15-27(30)31)28(35-29)21-10-4-2-5-11-21/h2-6,8-11,13-14,16-19,22,28-29H,7,12,15,20H2,1H3,(H,30,31)/b6-3-. The summed E-state index contributed by atoms with van der Waals surface area (Å²) in [6.07, 6.45) is 4.56. The number of carboxylic acids is 1. The number of rotatable bonds is 10. The van der Waals surface area contributed by atoms with Gasteiger partial charge in [0.15, 0.2) is 6.29 Å². The molecular formula is C29H30O6. The van der Waals surface area contributed by atoms with Gasteiger partial charge in [-0.1, -0.05) is 60.7 Å². The molecule has 6 heteroatoms. The average Bonchev–Trinajstić information content (AvgIpc) is 2.90. The van der Waals surface area contributed by atoms with E-state index in [-0.39, 0.29) is 18.4 Å². The Morgan fingerprint density at radius 2 is 1.69 bits per heavy atom. The van der Waals surface area contributed by atoms with E-state index in [1.165, 1.54) is 0 Å². The zero-order chi connectivity index (χ0) is 24.5. The lowest BCUT2D eigenvalue weighted by Gasteiger charge is -2.37. The molecule has 0 amide bonds. The Bertz CT molecular complexity index is 1110. The highest BCUT2D eigenvalue weighted by Crippen LogP contribution is 2.42. The van der Waals surface area contributed by atoms with Crippen molar-refractivity contribution in [1.82, 2.24) is 0 Å². The number of carboxylic acid groups (broad SMARTS) is 1. The van der Waals surface area contributed by atoms with Crippen molar-refractivity contribution in [2.45, 2.75) is 31.7 Å². The van der Waals surface area contributed by atoms with Crippen molar-refractivity contribution in [3.05, 3.63) is 102 Å². The molecule has 0 spiro atoms. The summed E-state index contributed by atoms with van der Waals surface area (Å²) in [7, 11) is 1.63. The zero-order valence-electron chi connectivity index (χ0n) is 19.7. The Morgan fingerprint density at radius 1 is 0.971 bits per heavy atom. The van der Waals surface area contributed by atoms with Crippen LogP contribution in [0, 0.1) is 5.92 Å². The van der Waals surface area contributed by atoms with E-state index < -0.39 is 12.3 Å². The molecule has 0 radical (unpaired) electrons. The first-order valence-electron chi connectivity index (χ1n) is 11.7. The summed E-state index contributed by atoms with van der Waals surface area (Å²) in [6, 6.07) is 25.3. The summed E-state index contributed by atoms with van der Waals surface area (Å²) >= 11 is 0. The fourth-order valence-electron chi connectivity index (χ4n) is 4.06. The number of aliphatic carboxylic acids is 1. The highest BCUT2D eigenvalue weighted by atomic mass is 16.7. The number of allylic oxidation sites excluding steroid dienone is 2. The highest BCUT2D eigenvalue weighted by molar-refractivity contribution is 5.66. The summed E-state index contributed by atoms with van der Waals surface area (Å²) in [4.78, 5) is 10.8. The van der Waals surface area contributed by atoms with Crippen molar-refractivity contribution < 1.29 is 28.8 Å². The SMILES string of the molecule is COc1ccc(Oc2ccccc2C2OCC(C/C=C\CCC(=O)O)C(c3ccccc3)O2)cc1. The third-order valence-corrected chi connectivity index (χ3v) is 5.88. The number of carbonyl (C=O) groups is 1. The molecule has 3 aromatic rings. The molecule has 1 N–H and O–H groups in total. The molecular weight excluding hydrogens is 444 g/mol. The second kappa shape index (κ2) is 12.2. The fraction of sp³-hybridized carbons (Fsp3) is 0.276. The van der Waals surface area contributed by atoms with Gasteiger partial charge in [-0.05, 0) is 48.7 Å². The molecule has 35 heavy (non-hydrogen) atoms. The Hall–Kier alpha value is -3.61. The second-order valence-corrected chi connectivity index (χ2v) is 8.35. The van der Waals surface area contributed by atoms with Crippen LogP contribution >= 0.6 is 0 Å². The van der Waals surface area contributed by atoms with Gasteiger partial charge < -0.3 is 24.1 Å². The molecule has 3 unspecified atom stereocenters. The van der Waals surface area contributed by atoms with Crippen molar-refractivity contribution in [3.63, 3.8) is 0 Å². The first-order valence-corrected chi connectivity index (χ1v) is 11.7. The van der Waals surface area contributed by atoms with Crippen LogP contribution in [0.5, 0.6) is 17.2 Å². The topological polar surface area (TPSA) is 74.2 Å². The lowest BCUT2D eigenvalue weighted by Crippen LogP contribution is -2.30. The quantitative estimate of drug-likeness (QED) is 0.330. The molecule has 6 nitrogen and oxygen atoms in total. The third kappa shape index (κ3) is 6.72. The maximum atomic E-state index is 10.8. The molecule has 0 aliphatic carbocycles. The number of hydrogen-bond donors (Lipinski definition) is 1. The minimum absolute atomic E-state index is 0.101. The van der Waals surface area contributed by atoms with Crippen LogP contribution in [0.1, 0.15) is 42.8 Å². The van der Waals surface area contributed by atoms with Crippen LogP contribution in [0.25, 0.3) is 0 Å². The second-order valence-electron chi connectivity index (χ2n) is 8.35. The van der Waals surface area contributed by atoms with Gasteiger partial charge in [0.1, 0.15) is 17.2 Å². The molecule has 1 saturated heterocycles. The van der Waals surface area contributed by atoms with Gasteiger partial charge >= 0.3 is 5.97 Å². The summed E-state index contributed by atoms with van der Waals surface area (Å²) < 4.78 is 24.1. The van der Waals surface area contributed by atoms with E-state index in [2.05, 4.69) is 12.1 Å². The van der Waals surface area contributed by atoms with Crippen molar-refractivity contribution in [3.8, 4) is 17.2 Å². The monoisotopic (exact) mass is 474 g/mol. The number of hydrogen-bond acceptors (Lipinski definition) is 5. The van der Waals surface area contributed by atoms with Crippen molar-refractivity contribution in [2.24, 2.45) is 5.92 Å². The molecule has 0 saturated carbocycles. The van der Waals surface area contributed by atoms with Crippen molar-refractivity contribution in [1.29, 1.82) is 0 Å². The van der Waals surface area contributed by atoms with Gasteiger partial charge in [-0.15, -0.1) is 0 Å². The average molecular weight is 475 g/mol. The van der Waals surface area contributed by atoms with E-state index in [4.69, 9.17) is 24.1 Å². The van der Waals surface area contributed by atoms with Gasteiger partial charge in [-0.3, -0.25) is 4.79 Å². The van der Waals surface area contributed by atoms with E-state index >= 15 is 0 Å². The predicted octanol–water partition coefficient (Wildman–Crippen LogP) is 6.70. The Balaban J connectivity index is 1.51. The van der Waals surface area contributed by atoms with E-state index in [1.807, 2.05) is 78.9 Å². The van der Waals surface area contributed by atoms with E-state index in [0.717, 1.165) is 23.3 Å². The van der Waals surface area contributed by atoms with Crippen LogP contribution in [-0.2, 0) is 14.3 Å². The van der Waals surface area contributed by atoms with Crippen LogP contribution in [0.2, 0.25) is 0 Å². The first-order chi connectivity index (χ1) is 17.1. The van der Waals surface area contributed by atoms with Gasteiger partial charge in [-0.2, -0.15) is 0 Å². The number of ether oxygens (including phenoxy) is 4. The molecule has 1 aliphatic heterocycles. The number of para-hydroxylation sites is 1. The molecule has 1 aliphatic rings. The summed E-state index contributed by atoms with van der Waals surface area (Å²) in [6.45, 7) is 0.504. The van der Waals surface area contributed by atoms with Crippen LogP contribution in [0.4, 0.5) is 0 Å². The van der Waals surface area contributed by atoms with Crippen molar-refractivity contribution >= 4 is 5.97 Å². The molecule has 182 valence electrons. The summed E-state index contributed by atoms with van der Waals surface area (Å²) in [5.74, 6) is 1.43. The highest BCUT2D eigenvalue weighted by Gasteiger charge is 2.34. The maximum Gasteiger partial charge on any atom is 0.303 e. The largest absolute Gasteiger partial charge is 0.497 e. The number of methoxy groups -OCH3 is 1. The van der Waals surface area contributed by atoms with E-state index in [9.17, 15) is 4.79 Å². The number of benzene rings is 3. The van der Waals surface area contributed by atoms with Crippen LogP contribution in [0.3, 0.4) is 0 Å². The van der Waals surface area contributed by atoms with Crippen LogP contribution < -0.4 is 9.47 Å². The fourth-order valence-corrected chi connectivity index (χ4v) is 4.06. The normalized spacial score (nSPS) is 20.0. The van der Waals surface area contributed by atoms with E-state index in [0.29, 0.717) is 24.5 Å². The third-order valence-electron chi connectivity index (χ3n) is 5.88. The van der Waals surface area contributed by atoms with E-state index in [1.54, 1.807) is 7.11 Å². The molecule has 3 atom stereocenters. The lowest BCUT2D eigenvalue weighted by atomic mass is 9.92. The maximum absolute atomic E-state index is 10.8. The molecule has 3 aromatic carbocycles. The van der Waals surface area contributed by atoms with Gasteiger partial charge in [0.25, 0.3) is 0 Å². The smallest absolute Gasteiger partial charge is 0.303 e. The predicted molar refractivity (Wildman–Crippen MR) is 133 cm³/mol. The van der Waals surface area contributed by atoms with Gasteiger partial charge in [-0.25, -0.2) is 0 Å². The molecule has 4 rings (SSSR count). The zero-order valence-corrected chi connectivity index (χ0v) is 19.7. The lowest BCUT2D eigenvalue weighted by molar-refractivity contribution is -0.244. The summed E-state index contributed by atoms with van der Waals surface area (Å²) in [5, 5.41) is 8.84. The van der Waals surface area contributed by atoms with Gasteiger partial charge in [0.2, 0.25) is 0 Å². The van der Waals surface area contributed by atoms with Gasteiger partial charge in [0, 0.05) is 12.3 Å². The Labute approximate surface area is 205 Å². The first kappa shape index (κ1) is 24.5. The molecule has 1 fully saturated rings. The molecule has 0 aromatic heterocycles. The Kier molecular flexibility index (Phi) is 8.54. The molecule has 0 bridgehead atoms. The minimum atomic E-state index is -0.792.